The monoisotopic (exact) mass is 421 g/mol. The Morgan fingerprint density at radius 1 is 1.00 bits per heavy atom. The lowest BCUT2D eigenvalue weighted by atomic mass is 9.78. The maximum absolute atomic E-state index is 12.9. The SMILES string of the molecule is CC1(Cc2ccc(C(F)(F)F)nc2)C(=O)Nc2ccc(-c3ccc4[nH]ccc4c3)cc21. The molecule has 0 radical (unpaired) electrons. The first-order chi connectivity index (χ1) is 14.7. The number of aromatic nitrogens is 2. The van der Waals surface area contributed by atoms with E-state index < -0.39 is 17.3 Å². The number of benzene rings is 2. The van der Waals surface area contributed by atoms with Gasteiger partial charge in [0.25, 0.3) is 0 Å². The summed E-state index contributed by atoms with van der Waals surface area (Å²) in [5, 5.41) is 3.99. The van der Waals surface area contributed by atoms with Crippen molar-refractivity contribution in [1.29, 1.82) is 0 Å². The lowest BCUT2D eigenvalue weighted by Crippen LogP contribution is -2.33. The van der Waals surface area contributed by atoms with E-state index in [4.69, 9.17) is 0 Å². The van der Waals surface area contributed by atoms with E-state index in [1.54, 1.807) is 0 Å². The minimum absolute atomic E-state index is 0.180. The van der Waals surface area contributed by atoms with Crippen molar-refractivity contribution in [2.24, 2.45) is 0 Å². The highest BCUT2D eigenvalue weighted by molar-refractivity contribution is 6.06. The Morgan fingerprint density at radius 2 is 1.77 bits per heavy atom. The van der Waals surface area contributed by atoms with Crippen molar-refractivity contribution in [2.45, 2.75) is 24.9 Å². The molecule has 3 heterocycles. The van der Waals surface area contributed by atoms with Gasteiger partial charge in [-0.05, 0) is 77.4 Å². The van der Waals surface area contributed by atoms with E-state index in [2.05, 4.69) is 21.4 Å². The van der Waals surface area contributed by atoms with Crippen LogP contribution in [0.25, 0.3) is 22.0 Å². The summed E-state index contributed by atoms with van der Waals surface area (Å²) in [5.41, 5.74) is 3.29. The number of hydrogen-bond donors (Lipinski definition) is 2. The van der Waals surface area contributed by atoms with Gasteiger partial charge in [0.2, 0.25) is 5.91 Å². The number of H-pyrrole nitrogens is 1. The molecular weight excluding hydrogens is 403 g/mol. The zero-order chi connectivity index (χ0) is 21.8. The van der Waals surface area contributed by atoms with Gasteiger partial charge in [-0.3, -0.25) is 9.78 Å². The van der Waals surface area contributed by atoms with E-state index in [9.17, 15) is 18.0 Å². The summed E-state index contributed by atoms with van der Waals surface area (Å²) < 4.78 is 38.4. The number of aromatic amines is 1. The Morgan fingerprint density at radius 3 is 2.52 bits per heavy atom. The summed E-state index contributed by atoms with van der Waals surface area (Å²) in [7, 11) is 0. The molecule has 2 aromatic carbocycles. The third-order valence-corrected chi connectivity index (χ3v) is 5.92. The first kappa shape index (κ1) is 19.4. The number of anilines is 1. The highest BCUT2D eigenvalue weighted by Gasteiger charge is 2.43. The molecule has 7 heteroatoms. The van der Waals surface area contributed by atoms with Crippen molar-refractivity contribution in [3.63, 3.8) is 0 Å². The largest absolute Gasteiger partial charge is 0.433 e. The van der Waals surface area contributed by atoms with Crippen LogP contribution >= 0.6 is 0 Å². The number of halogens is 3. The number of carbonyl (C=O) groups is 1. The van der Waals surface area contributed by atoms with Crippen LogP contribution in [0.3, 0.4) is 0 Å². The van der Waals surface area contributed by atoms with Crippen LogP contribution in [0, 0.1) is 0 Å². The van der Waals surface area contributed by atoms with Gasteiger partial charge in [-0.15, -0.1) is 0 Å². The average molecular weight is 421 g/mol. The zero-order valence-corrected chi connectivity index (χ0v) is 16.5. The van der Waals surface area contributed by atoms with Gasteiger partial charge in [0.05, 0.1) is 5.41 Å². The van der Waals surface area contributed by atoms with Crippen LogP contribution in [0.4, 0.5) is 18.9 Å². The molecule has 1 amide bonds. The molecule has 0 saturated carbocycles. The number of alkyl halides is 3. The lowest BCUT2D eigenvalue weighted by Gasteiger charge is -2.23. The first-order valence-electron chi connectivity index (χ1n) is 9.80. The van der Waals surface area contributed by atoms with E-state index in [1.165, 1.54) is 12.3 Å². The maximum atomic E-state index is 12.9. The standard InChI is InChI=1S/C24H18F3N3O/c1-23(12-14-2-7-21(29-13-14)24(25,26)27)18-11-16(4-6-20(18)30-22(23)31)15-3-5-19-17(10-15)8-9-28-19/h2-11,13,28H,12H2,1H3,(H,30,31). The second kappa shape index (κ2) is 6.70. The highest BCUT2D eigenvalue weighted by Crippen LogP contribution is 2.42. The van der Waals surface area contributed by atoms with Crippen LogP contribution in [-0.2, 0) is 22.8 Å². The summed E-state index contributed by atoms with van der Waals surface area (Å²) in [6.07, 6.45) is -1.16. The topological polar surface area (TPSA) is 57.8 Å². The van der Waals surface area contributed by atoms with Crippen molar-refractivity contribution in [3.05, 3.63) is 83.8 Å². The Labute approximate surface area is 176 Å². The van der Waals surface area contributed by atoms with E-state index in [0.717, 1.165) is 39.3 Å². The minimum Gasteiger partial charge on any atom is -0.361 e. The van der Waals surface area contributed by atoms with Crippen molar-refractivity contribution in [2.75, 3.05) is 5.32 Å². The van der Waals surface area contributed by atoms with Crippen LogP contribution in [0.2, 0.25) is 0 Å². The molecule has 0 spiro atoms. The van der Waals surface area contributed by atoms with Gasteiger partial charge in [-0.25, -0.2) is 0 Å². The predicted octanol–water partition coefficient (Wildman–Crippen LogP) is 5.70. The van der Waals surface area contributed by atoms with Crippen LogP contribution in [0.5, 0.6) is 0 Å². The number of rotatable bonds is 3. The van der Waals surface area contributed by atoms with Crippen LogP contribution in [0.1, 0.15) is 23.7 Å². The maximum Gasteiger partial charge on any atom is 0.433 e. The fourth-order valence-corrected chi connectivity index (χ4v) is 4.19. The number of amides is 1. The van der Waals surface area contributed by atoms with Gasteiger partial charge in [0.15, 0.2) is 0 Å². The fourth-order valence-electron chi connectivity index (χ4n) is 4.19. The molecule has 1 aliphatic heterocycles. The second-order valence-electron chi connectivity index (χ2n) is 8.05. The van der Waals surface area contributed by atoms with E-state index in [-0.39, 0.29) is 12.3 Å². The average Bonchev–Trinajstić information content (AvgIpc) is 3.30. The fraction of sp³-hybridized carbons (Fsp3) is 0.167. The number of nitrogens with zero attached hydrogens (tertiary/aromatic N) is 1. The molecule has 1 atom stereocenters. The predicted molar refractivity (Wildman–Crippen MR) is 113 cm³/mol. The molecule has 156 valence electrons. The van der Waals surface area contributed by atoms with Gasteiger partial charge in [-0.2, -0.15) is 13.2 Å². The molecule has 5 rings (SSSR count). The molecule has 0 fully saturated rings. The van der Waals surface area contributed by atoms with Gasteiger partial charge < -0.3 is 10.3 Å². The summed E-state index contributed by atoms with van der Waals surface area (Å²) in [4.78, 5) is 19.6. The lowest BCUT2D eigenvalue weighted by molar-refractivity contribution is -0.141. The quantitative estimate of drug-likeness (QED) is 0.446. The molecule has 0 bridgehead atoms. The van der Waals surface area contributed by atoms with Crippen molar-refractivity contribution in [3.8, 4) is 11.1 Å². The summed E-state index contributed by atoms with van der Waals surface area (Å²) in [5.74, 6) is -0.180. The minimum atomic E-state index is -4.49. The first-order valence-corrected chi connectivity index (χ1v) is 9.80. The Hall–Kier alpha value is -3.61. The molecule has 0 saturated heterocycles. The van der Waals surface area contributed by atoms with Gasteiger partial charge >= 0.3 is 6.18 Å². The summed E-state index contributed by atoms with van der Waals surface area (Å²) >= 11 is 0. The number of carbonyl (C=O) groups excluding carboxylic acids is 1. The Balaban J connectivity index is 1.51. The normalized spacial score (nSPS) is 18.3. The van der Waals surface area contributed by atoms with Crippen molar-refractivity contribution >= 4 is 22.5 Å². The summed E-state index contributed by atoms with van der Waals surface area (Å²) in [6.45, 7) is 1.81. The molecule has 31 heavy (non-hydrogen) atoms. The third kappa shape index (κ3) is 3.26. The molecule has 4 nitrogen and oxygen atoms in total. The summed E-state index contributed by atoms with van der Waals surface area (Å²) in [6, 6.07) is 16.3. The van der Waals surface area contributed by atoms with Crippen LogP contribution in [-0.4, -0.2) is 15.9 Å². The Bertz CT molecular complexity index is 1310. The van der Waals surface area contributed by atoms with E-state index in [0.29, 0.717) is 5.56 Å². The van der Waals surface area contributed by atoms with Crippen LogP contribution in [0.15, 0.2) is 67.0 Å². The molecular formula is C24H18F3N3O. The van der Waals surface area contributed by atoms with E-state index in [1.807, 2.05) is 49.5 Å². The number of nitrogens with one attached hydrogen (secondary N) is 2. The molecule has 1 aliphatic rings. The molecule has 1 unspecified atom stereocenters. The molecule has 2 aromatic heterocycles. The Kier molecular flexibility index (Phi) is 4.18. The van der Waals surface area contributed by atoms with Crippen LogP contribution < -0.4 is 5.32 Å². The second-order valence-corrected chi connectivity index (χ2v) is 8.05. The molecule has 2 N–H and O–H groups in total. The van der Waals surface area contributed by atoms with Crippen molar-refractivity contribution in [1.82, 2.24) is 9.97 Å². The molecule has 4 aromatic rings. The zero-order valence-electron chi connectivity index (χ0n) is 16.5. The van der Waals surface area contributed by atoms with Gasteiger partial charge in [0.1, 0.15) is 5.69 Å². The number of hydrogen-bond acceptors (Lipinski definition) is 2. The number of fused-ring (bicyclic) bond motifs is 2. The van der Waals surface area contributed by atoms with Gasteiger partial charge in [0, 0.05) is 23.6 Å². The van der Waals surface area contributed by atoms with E-state index >= 15 is 0 Å². The molecule has 0 aliphatic carbocycles. The van der Waals surface area contributed by atoms with Crippen molar-refractivity contribution < 1.29 is 18.0 Å². The third-order valence-electron chi connectivity index (χ3n) is 5.92. The highest BCUT2D eigenvalue weighted by atomic mass is 19.4. The smallest absolute Gasteiger partial charge is 0.361 e. The van der Waals surface area contributed by atoms with Gasteiger partial charge in [-0.1, -0.05) is 18.2 Å². The number of pyridine rings is 1.